The first-order valence-electron chi connectivity index (χ1n) is 4.00. The Morgan fingerprint density at radius 2 is 2.50 bits per heavy atom. The van der Waals surface area contributed by atoms with Crippen molar-refractivity contribution < 1.29 is 0 Å². The van der Waals surface area contributed by atoms with E-state index < -0.39 is 0 Å². The molecule has 1 atom stereocenters. The number of nitrogens with zero attached hydrogens (tertiary/aromatic N) is 1. The Morgan fingerprint density at radius 3 is 3.10 bits per heavy atom. The summed E-state index contributed by atoms with van der Waals surface area (Å²) in [6.07, 6.45) is 6.08. The van der Waals surface area contributed by atoms with Gasteiger partial charge in [-0.15, -0.1) is 0 Å². The lowest BCUT2D eigenvalue weighted by molar-refractivity contribution is 0.244. The molecule has 1 aliphatic rings. The highest BCUT2D eigenvalue weighted by atomic mass is 15.3. The van der Waals surface area contributed by atoms with Gasteiger partial charge in [-0.1, -0.05) is 13.0 Å². The van der Waals surface area contributed by atoms with Crippen molar-refractivity contribution in [1.29, 1.82) is 0 Å². The average molecular weight is 140 g/mol. The summed E-state index contributed by atoms with van der Waals surface area (Å²) in [5.41, 5.74) is 0. The van der Waals surface area contributed by atoms with Crippen LogP contribution in [0.3, 0.4) is 0 Å². The Morgan fingerprint density at radius 1 is 1.70 bits per heavy atom. The van der Waals surface area contributed by atoms with Gasteiger partial charge in [-0.05, 0) is 19.5 Å². The molecule has 0 fully saturated rings. The standard InChI is InChI=1S/C8H16N2/c1-3-6-10-7-4-5-9-8(10)2/h4,7-9H,3,5-6H2,1-2H3. The van der Waals surface area contributed by atoms with Crippen molar-refractivity contribution >= 4 is 0 Å². The predicted octanol–water partition coefficient (Wildman–Crippen LogP) is 1.16. The molecule has 0 aromatic rings. The first-order valence-corrected chi connectivity index (χ1v) is 4.00. The second-order valence-electron chi connectivity index (χ2n) is 2.71. The van der Waals surface area contributed by atoms with Gasteiger partial charge in [0.05, 0.1) is 6.17 Å². The topological polar surface area (TPSA) is 15.3 Å². The summed E-state index contributed by atoms with van der Waals surface area (Å²) in [6.45, 7) is 6.57. The van der Waals surface area contributed by atoms with E-state index in [1.165, 1.54) is 6.42 Å². The fourth-order valence-electron chi connectivity index (χ4n) is 1.20. The molecule has 1 aliphatic heterocycles. The maximum absolute atomic E-state index is 3.36. The molecule has 0 radical (unpaired) electrons. The van der Waals surface area contributed by atoms with Gasteiger partial charge in [0.1, 0.15) is 0 Å². The maximum Gasteiger partial charge on any atom is 0.0763 e. The molecule has 0 spiro atoms. The molecule has 1 heterocycles. The summed E-state index contributed by atoms with van der Waals surface area (Å²) in [5, 5.41) is 3.36. The lowest BCUT2D eigenvalue weighted by Crippen LogP contribution is -2.43. The molecule has 0 amide bonds. The van der Waals surface area contributed by atoms with Crippen molar-refractivity contribution in [2.75, 3.05) is 13.1 Å². The van der Waals surface area contributed by atoms with Crippen LogP contribution in [-0.2, 0) is 0 Å². The normalized spacial score (nSPS) is 25.4. The van der Waals surface area contributed by atoms with Gasteiger partial charge >= 0.3 is 0 Å². The van der Waals surface area contributed by atoms with Gasteiger partial charge in [0.15, 0.2) is 0 Å². The van der Waals surface area contributed by atoms with E-state index >= 15 is 0 Å². The van der Waals surface area contributed by atoms with Crippen LogP contribution >= 0.6 is 0 Å². The summed E-state index contributed by atoms with van der Waals surface area (Å²) >= 11 is 0. The molecule has 2 nitrogen and oxygen atoms in total. The van der Waals surface area contributed by atoms with E-state index in [0.29, 0.717) is 6.17 Å². The molecule has 0 aromatic heterocycles. The van der Waals surface area contributed by atoms with Crippen molar-refractivity contribution in [3.8, 4) is 0 Å². The molecular formula is C8H16N2. The van der Waals surface area contributed by atoms with Crippen LogP contribution in [-0.4, -0.2) is 24.2 Å². The first kappa shape index (κ1) is 7.61. The van der Waals surface area contributed by atoms with Gasteiger partial charge in [0.25, 0.3) is 0 Å². The molecule has 0 aromatic carbocycles. The van der Waals surface area contributed by atoms with Crippen LogP contribution in [0.1, 0.15) is 20.3 Å². The summed E-state index contributed by atoms with van der Waals surface area (Å²) in [6, 6.07) is 0. The Labute approximate surface area is 62.9 Å². The number of hydrogen-bond acceptors (Lipinski definition) is 2. The van der Waals surface area contributed by atoms with Gasteiger partial charge < -0.3 is 4.90 Å². The third-order valence-electron chi connectivity index (χ3n) is 1.81. The Balaban J connectivity index is 2.39. The molecule has 2 heteroatoms. The quantitative estimate of drug-likeness (QED) is 0.619. The smallest absolute Gasteiger partial charge is 0.0763 e. The third kappa shape index (κ3) is 1.74. The van der Waals surface area contributed by atoms with Crippen LogP contribution in [0, 0.1) is 0 Å². The van der Waals surface area contributed by atoms with E-state index in [9.17, 15) is 0 Å². The first-order chi connectivity index (χ1) is 4.84. The van der Waals surface area contributed by atoms with Crippen molar-refractivity contribution in [3.05, 3.63) is 12.3 Å². The van der Waals surface area contributed by atoms with E-state index in [1.807, 2.05) is 0 Å². The highest BCUT2D eigenvalue weighted by molar-refractivity contribution is 4.91. The van der Waals surface area contributed by atoms with E-state index in [0.717, 1.165) is 13.1 Å². The number of nitrogens with one attached hydrogen (secondary N) is 1. The lowest BCUT2D eigenvalue weighted by Gasteiger charge is -2.31. The highest BCUT2D eigenvalue weighted by Crippen LogP contribution is 2.01. The fraction of sp³-hybridized carbons (Fsp3) is 0.750. The molecular weight excluding hydrogens is 124 g/mol. The Bertz CT molecular complexity index is 120. The second kappa shape index (κ2) is 3.62. The molecule has 0 aliphatic carbocycles. The minimum absolute atomic E-state index is 0.518. The zero-order chi connectivity index (χ0) is 7.40. The molecule has 0 saturated carbocycles. The fourth-order valence-corrected chi connectivity index (χ4v) is 1.20. The maximum atomic E-state index is 3.36. The van der Waals surface area contributed by atoms with Crippen molar-refractivity contribution in [2.45, 2.75) is 26.4 Å². The molecule has 0 bridgehead atoms. The van der Waals surface area contributed by atoms with Crippen LogP contribution in [0.25, 0.3) is 0 Å². The van der Waals surface area contributed by atoms with Crippen molar-refractivity contribution in [1.82, 2.24) is 10.2 Å². The zero-order valence-electron chi connectivity index (χ0n) is 6.80. The zero-order valence-corrected chi connectivity index (χ0v) is 6.80. The minimum Gasteiger partial charge on any atom is -0.363 e. The Kier molecular flexibility index (Phi) is 2.75. The molecule has 58 valence electrons. The van der Waals surface area contributed by atoms with Crippen LogP contribution in [0.4, 0.5) is 0 Å². The minimum atomic E-state index is 0.518. The highest BCUT2D eigenvalue weighted by Gasteiger charge is 2.09. The van der Waals surface area contributed by atoms with Gasteiger partial charge in [0.2, 0.25) is 0 Å². The predicted molar refractivity (Wildman–Crippen MR) is 43.6 cm³/mol. The Hall–Kier alpha value is -0.500. The van der Waals surface area contributed by atoms with Gasteiger partial charge in [0, 0.05) is 13.1 Å². The number of rotatable bonds is 2. The number of hydrogen-bond donors (Lipinski definition) is 1. The molecule has 1 N–H and O–H groups in total. The molecule has 0 saturated heterocycles. The molecule has 10 heavy (non-hydrogen) atoms. The van der Waals surface area contributed by atoms with Crippen LogP contribution in [0.2, 0.25) is 0 Å². The SMILES string of the molecule is CCCN1C=CCNC1C. The third-order valence-corrected chi connectivity index (χ3v) is 1.81. The van der Waals surface area contributed by atoms with E-state index in [-0.39, 0.29) is 0 Å². The van der Waals surface area contributed by atoms with Crippen LogP contribution < -0.4 is 5.32 Å². The van der Waals surface area contributed by atoms with Gasteiger partial charge in [-0.3, -0.25) is 5.32 Å². The van der Waals surface area contributed by atoms with E-state index in [1.54, 1.807) is 0 Å². The van der Waals surface area contributed by atoms with E-state index in [4.69, 9.17) is 0 Å². The summed E-state index contributed by atoms with van der Waals surface area (Å²) in [4.78, 5) is 2.32. The van der Waals surface area contributed by atoms with Crippen LogP contribution in [0.15, 0.2) is 12.3 Å². The lowest BCUT2D eigenvalue weighted by atomic mass is 10.3. The monoisotopic (exact) mass is 140 g/mol. The van der Waals surface area contributed by atoms with Crippen molar-refractivity contribution in [3.63, 3.8) is 0 Å². The molecule has 1 unspecified atom stereocenters. The van der Waals surface area contributed by atoms with Crippen molar-refractivity contribution in [2.24, 2.45) is 0 Å². The van der Waals surface area contributed by atoms with Gasteiger partial charge in [-0.2, -0.15) is 0 Å². The van der Waals surface area contributed by atoms with Gasteiger partial charge in [-0.25, -0.2) is 0 Å². The summed E-state index contributed by atoms with van der Waals surface area (Å²) in [5.74, 6) is 0. The van der Waals surface area contributed by atoms with Crippen LogP contribution in [0.5, 0.6) is 0 Å². The average Bonchev–Trinajstić information content (AvgIpc) is 1.94. The van der Waals surface area contributed by atoms with E-state index in [2.05, 4.69) is 36.3 Å². The largest absolute Gasteiger partial charge is 0.363 e. The summed E-state index contributed by atoms with van der Waals surface area (Å²) in [7, 11) is 0. The summed E-state index contributed by atoms with van der Waals surface area (Å²) < 4.78 is 0. The molecule has 1 rings (SSSR count). The second-order valence-corrected chi connectivity index (χ2v) is 2.71.